The van der Waals surface area contributed by atoms with Gasteiger partial charge in [0, 0.05) is 27.3 Å². The number of carboxylic acid groups (broad SMARTS) is 1. The molecular weight excluding hydrogens is 500 g/mol. The van der Waals surface area contributed by atoms with E-state index in [1.54, 1.807) is 0 Å². The number of hydrogen-bond acceptors (Lipinski definition) is 6. The summed E-state index contributed by atoms with van der Waals surface area (Å²) >= 11 is 10.6. The van der Waals surface area contributed by atoms with E-state index < -0.39 is 11.9 Å². The second-order valence-electron chi connectivity index (χ2n) is 6.53. The number of aliphatic carboxylic acids is 1. The summed E-state index contributed by atoms with van der Waals surface area (Å²) in [7, 11) is 0. The molecule has 0 aromatic heterocycles. The van der Waals surface area contributed by atoms with Crippen LogP contribution in [0.3, 0.4) is 0 Å². The summed E-state index contributed by atoms with van der Waals surface area (Å²) in [4.78, 5) is 20.5. The van der Waals surface area contributed by atoms with Crippen LogP contribution in [0.2, 0.25) is 0 Å². The number of halogens is 2. The zero-order valence-corrected chi connectivity index (χ0v) is 19.2. The van der Waals surface area contributed by atoms with Gasteiger partial charge in [0.05, 0.1) is 11.8 Å². The number of carboxylic acids is 1. The minimum absolute atomic E-state index is 0.0741. The lowest BCUT2D eigenvalue weighted by atomic mass is 9.93. The van der Waals surface area contributed by atoms with Gasteiger partial charge < -0.3 is 21.3 Å². The van der Waals surface area contributed by atoms with Gasteiger partial charge in [-0.15, -0.1) is 0 Å². The molecule has 5 N–H and O–H groups in total. The lowest BCUT2D eigenvalue weighted by molar-refractivity contribution is -0.144. The molecular formula is C18H26Br2N2O4S. The smallest absolute Gasteiger partial charge is 0.314 e. The second kappa shape index (κ2) is 12.1. The van der Waals surface area contributed by atoms with Gasteiger partial charge in [0.25, 0.3) is 0 Å². The fourth-order valence-corrected chi connectivity index (χ4v) is 4.43. The van der Waals surface area contributed by atoms with Crippen LogP contribution in [0.25, 0.3) is 0 Å². The Kier molecular flexibility index (Phi) is 10.9. The molecule has 152 valence electrons. The normalized spacial score (nSPS) is 20.3. The van der Waals surface area contributed by atoms with Crippen molar-refractivity contribution in [3.05, 3.63) is 26.6 Å². The number of nitrogens with one attached hydrogen (secondary N) is 1. The van der Waals surface area contributed by atoms with E-state index in [1.165, 1.54) is 6.92 Å². The highest BCUT2D eigenvalue weighted by Crippen LogP contribution is 2.28. The molecule has 0 unspecified atom stereocenters. The zero-order chi connectivity index (χ0) is 20.6. The summed E-state index contributed by atoms with van der Waals surface area (Å²) in [5.74, 6) is -2.31. The number of nitrogen functional groups attached to an aromatic ring is 1. The van der Waals surface area contributed by atoms with Crippen molar-refractivity contribution in [2.24, 2.45) is 5.92 Å². The van der Waals surface area contributed by atoms with Gasteiger partial charge in [0.15, 0.2) is 0 Å². The molecule has 9 heteroatoms. The van der Waals surface area contributed by atoms with Crippen molar-refractivity contribution < 1.29 is 19.8 Å². The molecule has 0 saturated heterocycles. The molecule has 0 heterocycles. The van der Waals surface area contributed by atoms with Crippen LogP contribution in [0.1, 0.15) is 38.2 Å². The molecule has 1 saturated carbocycles. The number of carbonyl (C=O) groups is 2. The average Bonchev–Trinajstić information content (AvgIpc) is 2.58. The van der Waals surface area contributed by atoms with E-state index in [4.69, 9.17) is 10.8 Å². The van der Waals surface area contributed by atoms with Crippen LogP contribution in [0.15, 0.2) is 21.1 Å². The van der Waals surface area contributed by atoms with Crippen molar-refractivity contribution in [2.45, 2.75) is 51.3 Å². The van der Waals surface area contributed by atoms with Crippen LogP contribution >= 0.6 is 44.5 Å². The molecule has 1 atom stereocenters. The monoisotopic (exact) mass is 524 g/mol. The Labute approximate surface area is 182 Å². The minimum Gasteiger partial charge on any atom is -0.481 e. The van der Waals surface area contributed by atoms with Crippen LogP contribution in [0.4, 0.5) is 5.69 Å². The number of aliphatic hydroxyl groups excluding tert-OH is 1. The number of Topliss-reactive ketones (excluding diaryl/α,β-unsaturated/α-hetero) is 1. The summed E-state index contributed by atoms with van der Waals surface area (Å²) in [6.45, 7) is 2.01. The molecule has 2 rings (SSSR count). The first-order valence-corrected chi connectivity index (χ1v) is 10.9. The molecule has 27 heavy (non-hydrogen) atoms. The van der Waals surface area contributed by atoms with E-state index in [0.29, 0.717) is 6.04 Å². The Bertz CT molecular complexity index is 638. The number of carbonyl (C=O) groups excluding carboxylic acids is 1. The van der Waals surface area contributed by atoms with Crippen molar-refractivity contribution in [3.63, 3.8) is 0 Å². The fraction of sp³-hybridized carbons (Fsp3) is 0.556. The van der Waals surface area contributed by atoms with E-state index in [0.717, 1.165) is 52.4 Å². The second-order valence-corrected chi connectivity index (χ2v) is 8.67. The van der Waals surface area contributed by atoms with E-state index in [1.807, 2.05) is 12.1 Å². The first-order valence-electron chi connectivity index (χ1n) is 8.64. The Morgan fingerprint density at radius 3 is 2.33 bits per heavy atom. The predicted molar refractivity (Wildman–Crippen MR) is 117 cm³/mol. The van der Waals surface area contributed by atoms with Crippen molar-refractivity contribution in [2.75, 3.05) is 11.5 Å². The van der Waals surface area contributed by atoms with Gasteiger partial charge in [-0.2, -0.15) is 12.6 Å². The summed E-state index contributed by atoms with van der Waals surface area (Å²) in [6.07, 6.45) is 3.77. The number of rotatable bonds is 6. The third kappa shape index (κ3) is 8.51. The van der Waals surface area contributed by atoms with Crippen LogP contribution in [-0.4, -0.2) is 39.9 Å². The Morgan fingerprint density at radius 1 is 1.30 bits per heavy atom. The van der Waals surface area contributed by atoms with Crippen LogP contribution in [0, 0.1) is 5.92 Å². The lowest BCUT2D eigenvalue weighted by Crippen LogP contribution is -2.34. The number of anilines is 1. The third-order valence-electron chi connectivity index (χ3n) is 4.43. The summed E-state index contributed by atoms with van der Waals surface area (Å²) in [6, 6.07) is 4.49. The number of thiol groups is 1. The molecule has 1 fully saturated rings. The number of ketones is 1. The van der Waals surface area contributed by atoms with Gasteiger partial charge in [0.1, 0.15) is 11.7 Å². The van der Waals surface area contributed by atoms with Gasteiger partial charge in [0.2, 0.25) is 0 Å². The van der Waals surface area contributed by atoms with Crippen LogP contribution in [0.5, 0.6) is 0 Å². The van der Waals surface area contributed by atoms with Gasteiger partial charge >= 0.3 is 5.97 Å². The first-order chi connectivity index (χ1) is 12.6. The van der Waals surface area contributed by atoms with Crippen molar-refractivity contribution >= 4 is 61.9 Å². The summed E-state index contributed by atoms with van der Waals surface area (Å²) in [5, 5.41) is 21.3. The highest BCUT2D eigenvalue weighted by Gasteiger charge is 2.20. The quantitative estimate of drug-likeness (QED) is 0.221. The number of aliphatic hydroxyl groups is 1. The average molecular weight is 526 g/mol. The molecule has 0 spiro atoms. The van der Waals surface area contributed by atoms with Gasteiger partial charge in [-0.25, -0.2) is 0 Å². The van der Waals surface area contributed by atoms with Gasteiger partial charge in [-0.1, -0.05) is 15.9 Å². The molecule has 6 nitrogen and oxygen atoms in total. The highest BCUT2D eigenvalue weighted by molar-refractivity contribution is 9.11. The molecule has 0 amide bonds. The predicted octanol–water partition coefficient (Wildman–Crippen LogP) is 3.39. The van der Waals surface area contributed by atoms with E-state index in [2.05, 4.69) is 49.8 Å². The van der Waals surface area contributed by atoms with Crippen LogP contribution < -0.4 is 11.1 Å². The maximum Gasteiger partial charge on any atom is 0.314 e. The first kappa shape index (κ1) is 24.4. The van der Waals surface area contributed by atoms with Gasteiger partial charge in [-0.3, -0.25) is 9.59 Å². The number of benzene rings is 1. The van der Waals surface area contributed by atoms with Crippen LogP contribution in [-0.2, 0) is 16.1 Å². The van der Waals surface area contributed by atoms with E-state index in [9.17, 15) is 14.7 Å². The Hall–Kier alpha value is -0.610. The summed E-state index contributed by atoms with van der Waals surface area (Å²) in [5.41, 5.74) is 7.93. The Balaban J connectivity index is 0.000000345. The lowest BCUT2D eigenvalue weighted by Gasteiger charge is -2.26. The van der Waals surface area contributed by atoms with Gasteiger partial charge in [-0.05, 0) is 66.2 Å². The maximum atomic E-state index is 10.4. The highest BCUT2D eigenvalue weighted by atomic mass is 79.9. The standard InChI is InChI=1S/C13H18Br2N2O.C5H8O3S/c14-9-5-8(13(16)12(15)6-9)7-17-10-1-3-11(18)4-2-10;1-3(6)4(2-9)5(7)8/h5-6,10-11,17-18H,1-4,7,16H2;4,9H,2H2,1H3,(H,7,8)/t;4-/m.0/s1. The number of nitrogens with two attached hydrogens (primary N) is 1. The van der Waals surface area contributed by atoms with E-state index >= 15 is 0 Å². The number of hydrogen-bond donors (Lipinski definition) is 5. The molecule has 0 aliphatic heterocycles. The fourth-order valence-electron chi connectivity index (χ4n) is 2.70. The molecule has 1 aromatic carbocycles. The molecule has 0 bridgehead atoms. The topological polar surface area (TPSA) is 113 Å². The Morgan fingerprint density at radius 2 is 1.89 bits per heavy atom. The molecule has 1 aromatic rings. The molecule has 0 radical (unpaired) electrons. The SMILES string of the molecule is CC(=O)[C@H](CS)C(=O)O.Nc1c(Br)cc(Br)cc1CNC1CCC(O)CC1. The van der Waals surface area contributed by atoms with Crippen molar-refractivity contribution in [1.82, 2.24) is 5.32 Å². The maximum absolute atomic E-state index is 10.4. The minimum atomic E-state index is -1.10. The molecule has 1 aliphatic carbocycles. The summed E-state index contributed by atoms with van der Waals surface area (Å²) < 4.78 is 1.95. The van der Waals surface area contributed by atoms with Crippen molar-refractivity contribution in [1.29, 1.82) is 0 Å². The zero-order valence-electron chi connectivity index (χ0n) is 15.1. The van der Waals surface area contributed by atoms with Crippen molar-refractivity contribution in [3.8, 4) is 0 Å². The van der Waals surface area contributed by atoms with E-state index in [-0.39, 0.29) is 17.6 Å². The third-order valence-corrected chi connectivity index (χ3v) is 5.91. The largest absolute Gasteiger partial charge is 0.481 e. The molecule has 1 aliphatic rings.